The van der Waals surface area contributed by atoms with Crippen molar-refractivity contribution in [2.45, 2.75) is 44.6 Å². The molecule has 1 fully saturated rings. The first-order chi connectivity index (χ1) is 12.6. The largest absolute Gasteiger partial charge is 0.481 e. The second kappa shape index (κ2) is 6.94. The molecule has 1 heterocycles. The lowest BCUT2D eigenvalue weighted by Crippen LogP contribution is -2.44. The highest BCUT2D eigenvalue weighted by atomic mass is 79.9. The van der Waals surface area contributed by atoms with Crippen LogP contribution in [0.25, 0.3) is 5.69 Å². The van der Waals surface area contributed by atoms with Crippen molar-refractivity contribution < 1.29 is 28.2 Å². The van der Waals surface area contributed by atoms with Crippen molar-refractivity contribution in [1.82, 2.24) is 9.78 Å². The smallest absolute Gasteiger partial charge is 0.310 e. The zero-order valence-corrected chi connectivity index (χ0v) is 16.0. The van der Waals surface area contributed by atoms with Crippen LogP contribution >= 0.6 is 15.9 Å². The molecule has 0 radical (unpaired) electrons. The average Bonchev–Trinajstić information content (AvgIpc) is 2.91. The summed E-state index contributed by atoms with van der Waals surface area (Å²) in [4.78, 5) is 11.9. The lowest BCUT2D eigenvalue weighted by molar-refractivity contribution is -0.163. The Labute approximate surface area is 161 Å². The van der Waals surface area contributed by atoms with Gasteiger partial charge in [0.25, 0.3) is 0 Å². The molecular weight excluding hydrogens is 429 g/mol. The van der Waals surface area contributed by atoms with Gasteiger partial charge >= 0.3 is 5.97 Å². The van der Waals surface area contributed by atoms with Crippen molar-refractivity contribution in [2.24, 2.45) is 5.41 Å². The van der Waals surface area contributed by atoms with Crippen molar-refractivity contribution >= 4 is 21.9 Å². The zero-order valence-electron chi connectivity index (χ0n) is 14.4. The van der Waals surface area contributed by atoms with E-state index >= 15 is 0 Å². The Hall–Kier alpha value is -1.87. The third-order valence-corrected chi connectivity index (χ3v) is 6.04. The minimum absolute atomic E-state index is 0.0559. The van der Waals surface area contributed by atoms with Gasteiger partial charge in [0.1, 0.15) is 5.82 Å². The second-order valence-corrected chi connectivity index (χ2v) is 7.83. The first-order valence-electron chi connectivity index (χ1n) is 8.34. The van der Waals surface area contributed by atoms with E-state index in [1.54, 1.807) is 0 Å². The van der Waals surface area contributed by atoms with Crippen LogP contribution in [0.5, 0.6) is 0 Å². The number of halogens is 4. The Kier molecular flexibility index (Phi) is 5.11. The summed E-state index contributed by atoms with van der Waals surface area (Å²) in [6, 6.07) is 5.38. The number of carboxylic acids is 1. The standard InChI is InChI=1S/C18H18BrF3N2O3/c1-17(16(26)27)9-18(21,22)7-6-12(17)15-14(19)13(8-25)24(23-15)11-4-2-10(20)3-5-11/h2-5,12,25H,6-9H2,1H3,(H,26,27). The highest BCUT2D eigenvalue weighted by molar-refractivity contribution is 9.10. The van der Waals surface area contributed by atoms with Gasteiger partial charge in [-0.3, -0.25) is 4.79 Å². The highest BCUT2D eigenvalue weighted by Gasteiger charge is 2.55. The van der Waals surface area contributed by atoms with E-state index in [0.29, 0.717) is 21.5 Å². The minimum Gasteiger partial charge on any atom is -0.481 e. The number of nitrogens with zero attached hydrogens (tertiary/aromatic N) is 2. The van der Waals surface area contributed by atoms with Crippen molar-refractivity contribution in [1.29, 1.82) is 0 Å². The molecule has 1 aromatic heterocycles. The van der Waals surface area contributed by atoms with E-state index in [1.807, 2.05) is 0 Å². The molecule has 5 nitrogen and oxygen atoms in total. The van der Waals surface area contributed by atoms with Gasteiger partial charge < -0.3 is 10.2 Å². The summed E-state index contributed by atoms with van der Waals surface area (Å²) < 4.78 is 42.8. The molecule has 27 heavy (non-hydrogen) atoms. The van der Waals surface area contributed by atoms with Crippen LogP contribution in [0.15, 0.2) is 28.7 Å². The van der Waals surface area contributed by atoms with Gasteiger partial charge in [0.05, 0.1) is 33.6 Å². The monoisotopic (exact) mass is 446 g/mol. The van der Waals surface area contributed by atoms with Crippen LogP contribution < -0.4 is 0 Å². The number of hydrogen-bond donors (Lipinski definition) is 2. The van der Waals surface area contributed by atoms with E-state index in [2.05, 4.69) is 21.0 Å². The molecule has 146 valence electrons. The summed E-state index contributed by atoms with van der Waals surface area (Å²) >= 11 is 3.34. The SMILES string of the molecule is CC1(C(=O)O)CC(F)(F)CCC1c1nn(-c2ccc(F)cc2)c(CO)c1Br. The lowest BCUT2D eigenvalue weighted by atomic mass is 9.65. The number of benzene rings is 1. The summed E-state index contributed by atoms with van der Waals surface area (Å²) in [7, 11) is 0. The minimum atomic E-state index is -3.06. The average molecular weight is 447 g/mol. The van der Waals surface area contributed by atoms with Crippen molar-refractivity contribution in [3.05, 3.63) is 45.9 Å². The molecule has 0 aliphatic heterocycles. The number of carbonyl (C=O) groups is 1. The molecule has 3 rings (SSSR count). The molecule has 2 atom stereocenters. The molecule has 1 saturated carbocycles. The number of hydrogen-bond acceptors (Lipinski definition) is 3. The third-order valence-electron chi connectivity index (χ3n) is 5.17. The Morgan fingerprint density at radius 3 is 2.56 bits per heavy atom. The van der Waals surface area contributed by atoms with Crippen LogP contribution in [0.3, 0.4) is 0 Å². The van der Waals surface area contributed by atoms with Crippen molar-refractivity contribution in [3.8, 4) is 5.69 Å². The molecule has 1 aliphatic rings. The van der Waals surface area contributed by atoms with Gasteiger partial charge in [-0.2, -0.15) is 5.10 Å². The van der Waals surface area contributed by atoms with E-state index in [9.17, 15) is 28.2 Å². The van der Waals surface area contributed by atoms with Crippen LogP contribution in [0.4, 0.5) is 13.2 Å². The van der Waals surface area contributed by atoms with E-state index in [4.69, 9.17) is 0 Å². The van der Waals surface area contributed by atoms with Crippen LogP contribution in [0, 0.1) is 11.2 Å². The van der Waals surface area contributed by atoms with Gasteiger partial charge in [-0.15, -0.1) is 0 Å². The summed E-state index contributed by atoms with van der Waals surface area (Å²) in [5.41, 5.74) is -0.616. The molecule has 2 N–H and O–H groups in total. The van der Waals surface area contributed by atoms with Crippen molar-refractivity contribution in [3.63, 3.8) is 0 Å². The number of carboxylic acid groups (broad SMARTS) is 1. The topological polar surface area (TPSA) is 75.3 Å². The first-order valence-corrected chi connectivity index (χ1v) is 9.13. The molecular formula is C18H18BrF3N2O3. The van der Waals surface area contributed by atoms with Gasteiger partial charge in [0, 0.05) is 18.8 Å². The van der Waals surface area contributed by atoms with Gasteiger partial charge in [0.15, 0.2) is 0 Å². The van der Waals surface area contributed by atoms with Gasteiger partial charge in [-0.1, -0.05) is 0 Å². The number of aliphatic hydroxyl groups is 1. The molecule has 0 amide bonds. The predicted octanol–water partition coefficient (Wildman–Crippen LogP) is 4.26. The zero-order chi connectivity index (χ0) is 20.0. The summed E-state index contributed by atoms with van der Waals surface area (Å²) in [5.74, 6) is -5.59. The Bertz CT molecular complexity index is 869. The maximum atomic E-state index is 13.9. The summed E-state index contributed by atoms with van der Waals surface area (Å²) in [6.45, 7) is 0.882. The van der Waals surface area contributed by atoms with E-state index in [1.165, 1.54) is 35.9 Å². The van der Waals surface area contributed by atoms with Crippen molar-refractivity contribution in [2.75, 3.05) is 0 Å². The van der Waals surface area contributed by atoms with Gasteiger partial charge in [0.2, 0.25) is 5.92 Å². The predicted molar refractivity (Wildman–Crippen MR) is 94.4 cm³/mol. The molecule has 0 spiro atoms. The van der Waals surface area contributed by atoms with Crippen LogP contribution in [-0.2, 0) is 11.4 Å². The molecule has 1 aliphatic carbocycles. The van der Waals surface area contributed by atoms with Crippen LogP contribution in [0.2, 0.25) is 0 Å². The van der Waals surface area contributed by atoms with Gasteiger partial charge in [-0.25, -0.2) is 17.9 Å². The molecule has 2 aromatic rings. The highest BCUT2D eigenvalue weighted by Crippen LogP contribution is 2.53. The Morgan fingerprint density at radius 2 is 2.00 bits per heavy atom. The second-order valence-electron chi connectivity index (χ2n) is 7.04. The van der Waals surface area contributed by atoms with E-state index in [0.717, 1.165) is 0 Å². The fourth-order valence-corrected chi connectivity index (χ4v) is 4.34. The molecule has 2 unspecified atom stereocenters. The Morgan fingerprint density at radius 1 is 1.37 bits per heavy atom. The van der Waals surface area contributed by atoms with Gasteiger partial charge in [-0.05, 0) is 53.5 Å². The van der Waals surface area contributed by atoms with Crippen LogP contribution in [-0.4, -0.2) is 31.9 Å². The number of alkyl halides is 2. The molecule has 9 heteroatoms. The van der Waals surface area contributed by atoms with E-state index in [-0.39, 0.29) is 6.42 Å². The fourth-order valence-electron chi connectivity index (χ4n) is 3.69. The maximum absolute atomic E-state index is 13.9. The normalized spacial score (nSPS) is 24.7. The number of rotatable bonds is 4. The van der Waals surface area contributed by atoms with E-state index < -0.39 is 48.5 Å². The number of aliphatic hydroxyl groups excluding tert-OH is 1. The molecule has 0 saturated heterocycles. The third kappa shape index (κ3) is 3.50. The number of aliphatic carboxylic acids is 1. The van der Waals surface area contributed by atoms with Crippen LogP contribution in [0.1, 0.15) is 43.5 Å². The fraction of sp³-hybridized carbons (Fsp3) is 0.444. The molecule has 1 aromatic carbocycles. The summed E-state index contributed by atoms with van der Waals surface area (Å²) in [6.07, 6.45) is -1.28. The first kappa shape index (κ1) is 19.9. The quantitative estimate of drug-likeness (QED) is 0.735. The summed E-state index contributed by atoms with van der Waals surface area (Å²) in [5, 5.41) is 23.8. The molecule has 0 bridgehead atoms. The Balaban J connectivity index is 2.11. The number of aromatic nitrogens is 2. The maximum Gasteiger partial charge on any atom is 0.310 e. The lowest BCUT2D eigenvalue weighted by Gasteiger charge is -2.40.